The van der Waals surface area contributed by atoms with E-state index in [2.05, 4.69) is 5.32 Å². The van der Waals surface area contributed by atoms with Gasteiger partial charge in [0.25, 0.3) is 11.8 Å². The highest BCUT2D eigenvalue weighted by atomic mass is 35.5. The van der Waals surface area contributed by atoms with Crippen LogP contribution in [0.3, 0.4) is 0 Å². The van der Waals surface area contributed by atoms with Crippen molar-refractivity contribution in [1.29, 1.82) is 0 Å². The average molecular weight is 383 g/mol. The van der Waals surface area contributed by atoms with Gasteiger partial charge in [-0.1, -0.05) is 29.3 Å². The van der Waals surface area contributed by atoms with Gasteiger partial charge in [0.2, 0.25) is 5.91 Å². The van der Waals surface area contributed by atoms with Gasteiger partial charge < -0.3 is 5.32 Å². The van der Waals surface area contributed by atoms with Crippen LogP contribution in [-0.2, 0) is 11.2 Å². The zero-order valence-corrected chi connectivity index (χ0v) is 14.7. The van der Waals surface area contributed by atoms with Crippen molar-refractivity contribution in [1.82, 2.24) is 10.2 Å². The number of halogens is 2. The molecule has 3 amide bonds. The van der Waals surface area contributed by atoms with Gasteiger partial charge in [0.15, 0.2) is 0 Å². The maximum atomic E-state index is 12.3. The third-order valence-electron chi connectivity index (χ3n) is 3.59. The smallest absolute Gasteiger partial charge is 0.262 e. The number of thiophene rings is 1. The lowest BCUT2D eigenvalue weighted by atomic mass is 10.1. The third-order valence-corrected chi connectivity index (χ3v) is 5.25. The van der Waals surface area contributed by atoms with Crippen molar-refractivity contribution in [3.63, 3.8) is 0 Å². The molecule has 1 aromatic carbocycles. The molecule has 1 aliphatic rings. The zero-order valence-electron chi connectivity index (χ0n) is 12.3. The van der Waals surface area contributed by atoms with Crippen molar-refractivity contribution in [2.45, 2.75) is 6.42 Å². The van der Waals surface area contributed by atoms with Crippen molar-refractivity contribution in [2.24, 2.45) is 0 Å². The van der Waals surface area contributed by atoms with Crippen LogP contribution in [0.4, 0.5) is 0 Å². The van der Waals surface area contributed by atoms with E-state index in [4.69, 9.17) is 23.2 Å². The van der Waals surface area contributed by atoms with E-state index in [0.717, 1.165) is 9.78 Å². The van der Waals surface area contributed by atoms with Gasteiger partial charge in [0.05, 0.1) is 21.2 Å². The van der Waals surface area contributed by atoms with Crippen LogP contribution in [0.2, 0.25) is 10.0 Å². The Balaban J connectivity index is 1.62. The van der Waals surface area contributed by atoms with Crippen LogP contribution in [0.1, 0.15) is 25.6 Å². The van der Waals surface area contributed by atoms with Gasteiger partial charge in [-0.15, -0.1) is 11.3 Å². The Bertz CT molecular complexity index is 780. The average Bonchev–Trinajstić information content (AvgIpc) is 3.13. The quantitative estimate of drug-likeness (QED) is 0.808. The molecule has 0 fully saturated rings. The molecule has 8 heteroatoms. The number of amides is 3. The van der Waals surface area contributed by atoms with Crippen LogP contribution in [-0.4, -0.2) is 35.7 Å². The fourth-order valence-electron chi connectivity index (χ4n) is 2.41. The molecule has 24 heavy (non-hydrogen) atoms. The second kappa shape index (κ2) is 6.93. The number of imide groups is 1. The fraction of sp³-hybridized carbons (Fsp3) is 0.188. The number of rotatable bonds is 5. The van der Waals surface area contributed by atoms with E-state index in [0.29, 0.717) is 13.0 Å². The number of nitrogens with one attached hydrogen (secondary N) is 1. The summed E-state index contributed by atoms with van der Waals surface area (Å²) in [6, 6.07) is 6.63. The molecule has 1 aliphatic heterocycles. The molecule has 2 heterocycles. The number of benzene rings is 1. The Morgan fingerprint density at radius 1 is 1.12 bits per heavy atom. The Labute approximate surface area is 152 Å². The summed E-state index contributed by atoms with van der Waals surface area (Å²) in [5, 5.41) is 5.06. The van der Waals surface area contributed by atoms with E-state index < -0.39 is 17.7 Å². The summed E-state index contributed by atoms with van der Waals surface area (Å²) in [5.74, 6) is -1.47. The van der Waals surface area contributed by atoms with Crippen molar-refractivity contribution in [2.75, 3.05) is 13.1 Å². The maximum absolute atomic E-state index is 12.3. The summed E-state index contributed by atoms with van der Waals surface area (Å²) in [4.78, 5) is 38.6. The number of carbonyl (C=O) groups is 3. The molecule has 0 saturated carbocycles. The van der Waals surface area contributed by atoms with Crippen LogP contribution in [0.5, 0.6) is 0 Å². The van der Waals surface area contributed by atoms with Gasteiger partial charge in [-0.3, -0.25) is 19.3 Å². The lowest BCUT2D eigenvalue weighted by molar-refractivity contribution is -0.121. The van der Waals surface area contributed by atoms with E-state index in [-0.39, 0.29) is 27.7 Å². The van der Waals surface area contributed by atoms with Gasteiger partial charge in [-0.2, -0.15) is 0 Å². The molecule has 124 valence electrons. The van der Waals surface area contributed by atoms with Gasteiger partial charge >= 0.3 is 0 Å². The molecule has 0 bridgehead atoms. The summed E-state index contributed by atoms with van der Waals surface area (Å²) >= 11 is 13.4. The number of carbonyl (C=O) groups excluding carboxylic acids is 3. The first kappa shape index (κ1) is 17.0. The van der Waals surface area contributed by atoms with Crippen molar-refractivity contribution >= 4 is 52.3 Å². The van der Waals surface area contributed by atoms with Crippen LogP contribution in [0.25, 0.3) is 0 Å². The Kier molecular flexibility index (Phi) is 4.89. The van der Waals surface area contributed by atoms with Crippen LogP contribution >= 0.6 is 34.5 Å². The van der Waals surface area contributed by atoms with Crippen LogP contribution < -0.4 is 5.32 Å². The Morgan fingerprint density at radius 2 is 1.75 bits per heavy atom. The van der Waals surface area contributed by atoms with Gasteiger partial charge in [-0.05, 0) is 30.0 Å². The van der Waals surface area contributed by atoms with E-state index >= 15 is 0 Å². The van der Waals surface area contributed by atoms with E-state index in [9.17, 15) is 14.4 Å². The monoisotopic (exact) mass is 382 g/mol. The third kappa shape index (κ3) is 3.31. The standard InChI is InChI=1S/C16H12Cl2N2O3S/c17-12-6-10-11(7-13(12)18)16(23)20(15(10)22)8-14(21)19-4-3-9-2-1-5-24-9/h1-2,5-7H,3-4,8H2,(H,19,21). The number of hydrogen-bond acceptors (Lipinski definition) is 4. The highest BCUT2D eigenvalue weighted by Crippen LogP contribution is 2.31. The topological polar surface area (TPSA) is 66.5 Å². The molecule has 0 radical (unpaired) electrons. The minimum Gasteiger partial charge on any atom is -0.354 e. The lowest BCUT2D eigenvalue weighted by Gasteiger charge is -2.13. The van der Waals surface area contributed by atoms with Crippen molar-refractivity contribution in [3.05, 3.63) is 55.7 Å². The second-order valence-electron chi connectivity index (χ2n) is 5.19. The molecule has 1 aromatic heterocycles. The summed E-state index contributed by atoms with van der Waals surface area (Å²) in [6.45, 7) is 0.117. The minimum absolute atomic E-state index is 0.167. The van der Waals surface area contributed by atoms with Crippen LogP contribution in [0, 0.1) is 0 Å². The van der Waals surface area contributed by atoms with Crippen molar-refractivity contribution in [3.8, 4) is 0 Å². The first-order valence-corrected chi connectivity index (χ1v) is 8.75. The molecular formula is C16H12Cl2N2O3S. The van der Waals surface area contributed by atoms with E-state index in [1.807, 2.05) is 17.5 Å². The zero-order chi connectivity index (χ0) is 17.3. The summed E-state index contributed by atoms with van der Waals surface area (Å²) < 4.78 is 0. The molecule has 3 rings (SSSR count). The molecule has 0 saturated heterocycles. The molecule has 0 aliphatic carbocycles. The molecular weight excluding hydrogens is 371 g/mol. The summed E-state index contributed by atoms with van der Waals surface area (Å²) in [7, 11) is 0. The molecule has 0 unspecified atom stereocenters. The van der Waals surface area contributed by atoms with Crippen LogP contribution in [0.15, 0.2) is 29.6 Å². The fourth-order valence-corrected chi connectivity index (χ4v) is 3.44. The molecule has 1 N–H and O–H groups in total. The van der Waals surface area contributed by atoms with E-state index in [1.54, 1.807) is 11.3 Å². The largest absolute Gasteiger partial charge is 0.354 e. The number of nitrogens with zero attached hydrogens (tertiary/aromatic N) is 1. The first-order chi connectivity index (χ1) is 11.5. The normalized spacial score (nSPS) is 13.3. The predicted octanol–water partition coefficient (Wildman–Crippen LogP) is 3.01. The van der Waals surface area contributed by atoms with E-state index in [1.165, 1.54) is 12.1 Å². The molecule has 2 aromatic rings. The number of hydrogen-bond donors (Lipinski definition) is 1. The minimum atomic E-state index is -0.540. The molecule has 0 atom stereocenters. The highest BCUT2D eigenvalue weighted by molar-refractivity contribution is 7.09. The maximum Gasteiger partial charge on any atom is 0.262 e. The first-order valence-electron chi connectivity index (χ1n) is 7.11. The van der Waals surface area contributed by atoms with Gasteiger partial charge in [0, 0.05) is 11.4 Å². The predicted molar refractivity (Wildman–Crippen MR) is 92.9 cm³/mol. The SMILES string of the molecule is O=C(CN1C(=O)c2cc(Cl)c(Cl)cc2C1=O)NCCc1cccs1. The Hall–Kier alpha value is -1.89. The molecule has 5 nitrogen and oxygen atoms in total. The van der Waals surface area contributed by atoms with Gasteiger partial charge in [-0.25, -0.2) is 0 Å². The highest BCUT2D eigenvalue weighted by Gasteiger charge is 2.37. The van der Waals surface area contributed by atoms with Crippen molar-refractivity contribution < 1.29 is 14.4 Å². The molecule has 0 spiro atoms. The van der Waals surface area contributed by atoms with Gasteiger partial charge in [0.1, 0.15) is 6.54 Å². The Morgan fingerprint density at radius 3 is 2.29 bits per heavy atom. The number of fused-ring (bicyclic) bond motifs is 1. The lowest BCUT2D eigenvalue weighted by Crippen LogP contribution is -2.40. The second-order valence-corrected chi connectivity index (χ2v) is 7.03. The summed E-state index contributed by atoms with van der Waals surface area (Å²) in [5.41, 5.74) is 0.335. The summed E-state index contributed by atoms with van der Waals surface area (Å²) in [6.07, 6.45) is 0.705.